The monoisotopic (exact) mass is 267 g/mol. The van der Waals surface area contributed by atoms with Crippen molar-refractivity contribution in [3.63, 3.8) is 0 Å². The van der Waals surface area contributed by atoms with E-state index in [4.69, 9.17) is 0 Å². The van der Waals surface area contributed by atoms with Crippen molar-refractivity contribution in [3.05, 3.63) is 65.7 Å². The molecule has 0 aliphatic heterocycles. The van der Waals surface area contributed by atoms with E-state index in [-0.39, 0.29) is 11.7 Å². The molecule has 0 saturated heterocycles. The molecule has 0 heterocycles. The fourth-order valence-corrected chi connectivity index (χ4v) is 1.94. The van der Waals surface area contributed by atoms with Gasteiger partial charge in [-0.2, -0.15) is 0 Å². The third-order valence-electron chi connectivity index (χ3n) is 3.04. The minimum Gasteiger partial charge on any atom is -0.326 e. The van der Waals surface area contributed by atoms with Gasteiger partial charge >= 0.3 is 0 Å². The molecule has 0 aliphatic carbocycles. The van der Waals surface area contributed by atoms with Gasteiger partial charge in [0.05, 0.1) is 0 Å². The molecule has 0 bridgehead atoms. The predicted octanol–water partition coefficient (Wildman–Crippen LogP) is 3.46. The highest BCUT2D eigenvalue weighted by Gasteiger charge is 2.05. The number of hydrogen-bond donors (Lipinski definition) is 1. The zero-order valence-corrected chi connectivity index (χ0v) is 11.4. The van der Waals surface area contributed by atoms with E-state index in [1.165, 1.54) is 6.92 Å². The van der Waals surface area contributed by atoms with Crippen LogP contribution in [-0.4, -0.2) is 11.7 Å². The standard InChI is InChI=1S/C17H17NO2/c1-13(19)15-8-5-9-16(12-15)18-17(20)11-10-14-6-3-2-4-7-14/h2-9,12H,10-11H2,1H3,(H,18,20). The average Bonchev–Trinajstić information content (AvgIpc) is 2.46. The predicted molar refractivity (Wildman–Crippen MR) is 79.8 cm³/mol. The number of benzene rings is 2. The summed E-state index contributed by atoms with van der Waals surface area (Å²) in [7, 11) is 0. The number of carbonyl (C=O) groups is 2. The molecule has 0 spiro atoms. The van der Waals surface area contributed by atoms with Crippen LogP contribution in [0.3, 0.4) is 0 Å². The average molecular weight is 267 g/mol. The molecule has 2 aromatic carbocycles. The van der Waals surface area contributed by atoms with E-state index in [0.717, 1.165) is 5.56 Å². The van der Waals surface area contributed by atoms with Crippen LogP contribution < -0.4 is 5.32 Å². The zero-order valence-electron chi connectivity index (χ0n) is 11.4. The van der Waals surface area contributed by atoms with Gasteiger partial charge in [-0.3, -0.25) is 9.59 Å². The molecule has 20 heavy (non-hydrogen) atoms. The van der Waals surface area contributed by atoms with Crippen LogP contribution in [0.4, 0.5) is 5.69 Å². The summed E-state index contributed by atoms with van der Waals surface area (Å²) in [5.41, 5.74) is 2.40. The maximum atomic E-state index is 11.9. The minimum atomic E-state index is -0.0467. The Labute approximate surface area is 118 Å². The number of carbonyl (C=O) groups excluding carboxylic acids is 2. The highest BCUT2D eigenvalue weighted by molar-refractivity contribution is 5.97. The topological polar surface area (TPSA) is 46.2 Å². The maximum absolute atomic E-state index is 11.9. The third-order valence-corrected chi connectivity index (χ3v) is 3.04. The Hall–Kier alpha value is -2.42. The van der Waals surface area contributed by atoms with Crippen molar-refractivity contribution in [1.29, 1.82) is 0 Å². The molecule has 2 aromatic rings. The smallest absolute Gasteiger partial charge is 0.224 e. The first-order valence-electron chi connectivity index (χ1n) is 6.60. The van der Waals surface area contributed by atoms with Gasteiger partial charge < -0.3 is 5.32 Å². The van der Waals surface area contributed by atoms with E-state index in [1.807, 2.05) is 30.3 Å². The van der Waals surface area contributed by atoms with Crippen molar-refractivity contribution in [2.45, 2.75) is 19.8 Å². The van der Waals surface area contributed by atoms with Crippen LogP contribution in [0, 0.1) is 0 Å². The highest BCUT2D eigenvalue weighted by Crippen LogP contribution is 2.12. The number of hydrogen-bond acceptors (Lipinski definition) is 2. The molecule has 2 rings (SSSR count). The summed E-state index contributed by atoms with van der Waals surface area (Å²) >= 11 is 0. The number of nitrogens with one attached hydrogen (secondary N) is 1. The summed E-state index contributed by atoms with van der Waals surface area (Å²) < 4.78 is 0. The second kappa shape index (κ2) is 6.66. The van der Waals surface area contributed by atoms with E-state index in [0.29, 0.717) is 24.1 Å². The van der Waals surface area contributed by atoms with Gasteiger partial charge in [0.2, 0.25) is 5.91 Å². The molecule has 0 fully saturated rings. The molecule has 0 aliphatic rings. The summed E-state index contributed by atoms with van der Waals surface area (Å²) in [6.45, 7) is 1.51. The maximum Gasteiger partial charge on any atom is 0.224 e. The molecule has 3 nitrogen and oxygen atoms in total. The van der Waals surface area contributed by atoms with Crippen molar-refractivity contribution in [3.8, 4) is 0 Å². The van der Waals surface area contributed by atoms with E-state index < -0.39 is 0 Å². The van der Waals surface area contributed by atoms with Gasteiger partial charge in [0.15, 0.2) is 5.78 Å². The van der Waals surface area contributed by atoms with Crippen LogP contribution in [-0.2, 0) is 11.2 Å². The van der Waals surface area contributed by atoms with Crippen LogP contribution in [0.25, 0.3) is 0 Å². The number of aryl methyl sites for hydroxylation is 1. The highest BCUT2D eigenvalue weighted by atomic mass is 16.1. The first-order valence-corrected chi connectivity index (χ1v) is 6.60. The van der Waals surface area contributed by atoms with Crippen molar-refractivity contribution < 1.29 is 9.59 Å². The summed E-state index contributed by atoms with van der Waals surface area (Å²) in [6.07, 6.45) is 1.13. The second-order valence-corrected chi connectivity index (χ2v) is 4.67. The summed E-state index contributed by atoms with van der Waals surface area (Å²) in [5.74, 6) is -0.0556. The number of amides is 1. The second-order valence-electron chi connectivity index (χ2n) is 4.67. The number of Topliss-reactive ketones (excluding diaryl/α,β-unsaturated/α-hetero) is 1. The molecule has 3 heteroatoms. The Balaban J connectivity index is 1.91. The van der Waals surface area contributed by atoms with Crippen molar-refractivity contribution in [2.75, 3.05) is 5.32 Å². The van der Waals surface area contributed by atoms with Crippen molar-refractivity contribution in [1.82, 2.24) is 0 Å². The quantitative estimate of drug-likeness (QED) is 0.843. The summed E-state index contributed by atoms with van der Waals surface area (Å²) in [5, 5.41) is 2.82. The van der Waals surface area contributed by atoms with Gasteiger partial charge in [0, 0.05) is 17.7 Å². The number of ketones is 1. The molecular weight excluding hydrogens is 250 g/mol. The van der Waals surface area contributed by atoms with E-state index in [2.05, 4.69) is 5.32 Å². The van der Waals surface area contributed by atoms with E-state index in [1.54, 1.807) is 24.3 Å². The minimum absolute atomic E-state index is 0.00890. The first-order chi connectivity index (χ1) is 9.65. The molecule has 0 aromatic heterocycles. The molecule has 102 valence electrons. The van der Waals surface area contributed by atoms with Gasteiger partial charge in [0.25, 0.3) is 0 Å². The molecule has 0 unspecified atom stereocenters. The van der Waals surface area contributed by atoms with Crippen LogP contribution >= 0.6 is 0 Å². The molecule has 1 amide bonds. The Morgan fingerprint density at radius 3 is 2.45 bits per heavy atom. The molecule has 0 atom stereocenters. The lowest BCUT2D eigenvalue weighted by atomic mass is 10.1. The fraction of sp³-hybridized carbons (Fsp3) is 0.176. The Morgan fingerprint density at radius 1 is 1.00 bits per heavy atom. The van der Waals surface area contributed by atoms with Gasteiger partial charge in [-0.15, -0.1) is 0 Å². The Morgan fingerprint density at radius 2 is 1.75 bits per heavy atom. The zero-order chi connectivity index (χ0) is 14.4. The van der Waals surface area contributed by atoms with Crippen LogP contribution in [0.5, 0.6) is 0 Å². The van der Waals surface area contributed by atoms with Gasteiger partial charge in [0.1, 0.15) is 0 Å². The van der Waals surface area contributed by atoms with E-state index >= 15 is 0 Å². The number of anilines is 1. The van der Waals surface area contributed by atoms with Crippen LogP contribution in [0.15, 0.2) is 54.6 Å². The molecule has 0 saturated carbocycles. The molecule has 1 N–H and O–H groups in total. The number of rotatable bonds is 5. The Bertz CT molecular complexity index is 605. The van der Waals surface area contributed by atoms with Gasteiger partial charge in [-0.1, -0.05) is 42.5 Å². The lowest BCUT2D eigenvalue weighted by Gasteiger charge is -2.06. The molecule has 0 radical (unpaired) electrons. The molecular formula is C17H17NO2. The largest absolute Gasteiger partial charge is 0.326 e. The Kier molecular flexibility index (Phi) is 4.66. The van der Waals surface area contributed by atoms with Crippen LogP contribution in [0.2, 0.25) is 0 Å². The normalized spacial score (nSPS) is 10.1. The third kappa shape index (κ3) is 4.05. The van der Waals surface area contributed by atoms with Crippen molar-refractivity contribution in [2.24, 2.45) is 0 Å². The fourth-order valence-electron chi connectivity index (χ4n) is 1.94. The SMILES string of the molecule is CC(=O)c1cccc(NC(=O)CCc2ccccc2)c1. The summed E-state index contributed by atoms with van der Waals surface area (Å²) in [4.78, 5) is 23.2. The van der Waals surface area contributed by atoms with Gasteiger partial charge in [-0.25, -0.2) is 0 Å². The van der Waals surface area contributed by atoms with Gasteiger partial charge in [-0.05, 0) is 31.0 Å². The summed E-state index contributed by atoms with van der Waals surface area (Å²) in [6, 6.07) is 16.9. The van der Waals surface area contributed by atoms with E-state index in [9.17, 15) is 9.59 Å². The first kappa shape index (κ1) is 14.0. The van der Waals surface area contributed by atoms with Crippen LogP contribution in [0.1, 0.15) is 29.3 Å². The lowest BCUT2D eigenvalue weighted by molar-refractivity contribution is -0.116. The lowest BCUT2D eigenvalue weighted by Crippen LogP contribution is -2.12. The van der Waals surface area contributed by atoms with Crippen molar-refractivity contribution >= 4 is 17.4 Å².